The van der Waals surface area contributed by atoms with Crippen molar-refractivity contribution < 1.29 is 9.53 Å². The van der Waals surface area contributed by atoms with Crippen LogP contribution in [-0.2, 0) is 11.3 Å². The molecule has 10 heteroatoms. The second kappa shape index (κ2) is 12.5. The summed E-state index contributed by atoms with van der Waals surface area (Å²) in [6.07, 6.45) is 7.15. The van der Waals surface area contributed by atoms with Gasteiger partial charge in [-0.05, 0) is 82.7 Å². The normalized spacial score (nSPS) is 17.6. The van der Waals surface area contributed by atoms with Gasteiger partial charge in [0.1, 0.15) is 5.60 Å². The second-order valence-corrected chi connectivity index (χ2v) is 12.5. The van der Waals surface area contributed by atoms with Crippen LogP contribution in [0.4, 0.5) is 27.9 Å². The Morgan fingerprint density at radius 1 is 0.953 bits per heavy atom. The van der Waals surface area contributed by atoms with Crippen molar-refractivity contribution in [2.45, 2.75) is 71.1 Å². The highest BCUT2D eigenvalue weighted by Gasteiger charge is 2.30. The molecule has 2 N–H and O–H groups in total. The topological polar surface area (TPSA) is 100 Å². The van der Waals surface area contributed by atoms with E-state index >= 15 is 0 Å². The van der Waals surface area contributed by atoms with Gasteiger partial charge >= 0.3 is 6.09 Å². The highest BCUT2D eigenvalue weighted by atomic mass is 16.6. The molecule has 2 aromatic heterocycles. The van der Waals surface area contributed by atoms with Gasteiger partial charge in [0.05, 0.1) is 12.4 Å². The highest BCUT2D eigenvalue weighted by molar-refractivity contribution is 5.85. The monoisotopic (exact) mass is 582 g/mol. The molecule has 2 aliphatic rings. The van der Waals surface area contributed by atoms with Gasteiger partial charge in [-0.1, -0.05) is 30.3 Å². The molecule has 0 saturated carbocycles. The first-order valence-electron chi connectivity index (χ1n) is 15.4. The molecular formula is C33H42N8O2. The van der Waals surface area contributed by atoms with E-state index in [1.54, 1.807) is 4.90 Å². The van der Waals surface area contributed by atoms with Crippen molar-refractivity contribution in [3.8, 4) is 0 Å². The number of piperidine rings is 2. The molecule has 10 nitrogen and oxygen atoms in total. The third-order valence-corrected chi connectivity index (χ3v) is 8.01. The van der Waals surface area contributed by atoms with Crippen molar-refractivity contribution in [3.63, 3.8) is 0 Å². The molecule has 2 aromatic carbocycles. The number of hydrogen-bond donors (Lipinski definition) is 2. The van der Waals surface area contributed by atoms with Crippen LogP contribution in [0.3, 0.4) is 0 Å². The number of carbonyl (C=O) groups is 1. The van der Waals surface area contributed by atoms with Gasteiger partial charge < -0.3 is 29.7 Å². The van der Waals surface area contributed by atoms with Crippen LogP contribution in [0, 0.1) is 0 Å². The van der Waals surface area contributed by atoms with Crippen LogP contribution in [0.25, 0.3) is 11.2 Å². The van der Waals surface area contributed by atoms with Crippen LogP contribution in [0.1, 0.15) is 64.5 Å². The summed E-state index contributed by atoms with van der Waals surface area (Å²) >= 11 is 0. The lowest BCUT2D eigenvalue weighted by Crippen LogP contribution is -2.43. The van der Waals surface area contributed by atoms with Crippen molar-refractivity contribution in [1.82, 2.24) is 24.4 Å². The molecule has 4 aromatic rings. The molecule has 2 saturated heterocycles. The van der Waals surface area contributed by atoms with Gasteiger partial charge in [0.2, 0.25) is 5.95 Å². The number of ether oxygens (including phenoxy) is 1. The molecule has 0 aliphatic carbocycles. The lowest BCUT2D eigenvalue weighted by atomic mass is 10.1. The average molecular weight is 583 g/mol. The molecule has 1 unspecified atom stereocenters. The summed E-state index contributed by atoms with van der Waals surface area (Å²) in [5, 5.41) is 6.92. The number of amides is 1. The van der Waals surface area contributed by atoms with Crippen molar-refractivity contribution in [3.05, 3.63) is 66.5 Å². The zero-order chi connectivity index (χ0) is 29.8. The summed E-state index contributed by atoms with van der Waals surface area (Å²) in [5.74, 6) is 1.16. The number of rotatable bonds is 7. The molecule has 0 spiro atoms. The minimum atomic E-state index is -0.537. The molecule has 0 bridgehead atoms. The predicted octanol–water partition coefficient (Wildman–Crippen LogP) is 6.74. The molecule has 226 valence electrons. The summed E-state index contributed by atoms with van der Waals surface area (Å²) in [6.45, 7) is 9.73. The van der Waals surface area contributed by atoms with Gasteiger partial charge in [-0.15, -0.1) is 0 Å². The first-order chi connectivity index (χ1) is 20.8. The fraction of sp³-hybridized carbons (Fsp3) is 0.455. The van der Waals surface area contributed by atoms with Crippen LogP contribution in [-0.4, -0.2) is 62.3 Å². The Morgan fingerprint density at radius 2 is 1.72 bits per heavy atom. The van der Waals surface area contributed by atoms with Crippen LogP contribution < -0.4 is 15.5 Å². The largest absolute Gasteiger partial charge is 0.444 e. The van der Waals surface area contributed by atoms with E-state index in [0.29, 0.717) is 36.9 Å². The standard InChI is InChI=1S/C33H42N8O2/c1-33(2,3)43-32(42)40-20-10-13-27(22-40)41-23-35-28-29(34-21-24-11-6-4-7-12-24)37-31(38-30(28)41)36-25-14-16-26(17-15-25)39-18-8-5-9-19-39/h4,6-7,11-12,14-17,23,27H,5,8-10,13,18-22H2,1-3H3,(H2,34,36,37,38). The summed E-state index contributed by atoms with van der Waals surface area (Å²) < 4.78 is 7.76. The maximum absolute atomic E-state index is 12.9. The van der Waals surface area contributed by atoms with Gasteiger partial charge in [0.25, 0.3) is 0 Å². The molecule has 43 heavy (non-hydrogen) atoms. The number of fused-ring (bicyclic) bond motifs is 1. The van der Waals surface area contributed by atoms with E-state index in [1.807, 2.05) is 45.3 Å². The Hall–Kier alpha value is -4.34. The number of likely N-dealkylation sites (tertiary alicyclic amines) is 1. The van der Waals surface area contributed by atoms with E-state index in [4.69, 9.17) is 19.7 Å². The van der Waals surface area contributed by atoms with Gasteiger partial charge in [0.15, 0.2) is 17.0 Å². The maximum atomic E-state index is 12.9. The number of imidazole rings is 1. The van der Waals surface area contributed by atoms with Crippen LogP contribution >= 0.6 is 0 Å². The van der Waals surface area contributed by atoms with Crippen molar-refractivity contribution >= 4 is 40.4 Å². The fourth-order valence-corrected chi connectivity index (χ4v) is 5.86. The summed E-state index contributed by atoms with van der Waals surface area (Å²) in [4.78, 5) is 31.7. The molecule has 0 radical (unpaired) electrons. The van der Waals surface area contributed by atoms with E-state index in [9.17, 15) is 4.79 Å². The molecule has 2 fully saturated rings. The number of carbonyl (C=O) groups excluding carboxylic acids is 1. The van der Waals surface area contributed by atoms with E-state index < -0.39 is 5.60 Å². The number of aromatic nitrogens is 4. The third-order valence-electron chi connectivity index (χ3n) is 8.01. The van der Waals surface area contributed by atoms with Gasteiger partial charge in [-0.2, -0.15) is 9.97 Å². The lowest BCUT2D eigenvalue weighted by Gasteiger charge is -2.34. The Kier molecular flexibility index (Phi) is 8.35. The Morgan fingerprint density at radius 3 is 2.47 bits per heavy atom. The quantitative estimate of drug-likeness (QED) is 0.247. The first-order valence-corrected chi connectivity index (χ1v) is 15.4. The number of nitrogens with one attached hydrogen (secondary N) is 2. The number of hydrogen-bond acceptors (Lipinski definition) is 8. The Bertz CT molecular complexity index is 1520. The third kappa shape index (κ3) is 7.01. The van der Waals surface area contributed by atoms with Crippen LogP contribution in [0.15, 0.2) is 60.9 Å². The molecule has 1 atom stereocenters. The van der Waals surface area contributed by atoms with E-state index in [-0.39, 0.29) is 12.1 Å². The van der Waals surface area contributed by atoms with Gasteiger partial charge in [0, 0.05) is 44.1 Å². The molecular weight excluding hydrogens is 540 g/mol. The van der Waals surface area contributed by atoms with Crippen LogP contribution in [0.2, 0.25) is 0 Å². The Balaban J connectivity index is 1.28. The maximum Gasteiger partial charge on any atom is 0.410 e. The smallest absolute Gasteiger partial charge is 0.410 e. The average Bonchev–Trinajstić information content (AvgIpc) is 3.45. The molecule has 4 heterocycles. The van der Waals surface area contributed by atoms with Crippen LogP contribution in [0.5, 0.6) is 0 Å². The lowest BCUT2D eigenvalue weighted by molar-refractivity contribution is 0.0174. The van der Waals surface area contributed by atoms with Gasteiger partial charge in [-0.3, -0.25) is 0 Å². The zero-order valence-electron chi connectivity index (χ0n) is 25.4. The minimum absolute atomic E-state index is 0.0276. The van der Waals surface area contributed by atoms with E-state index in [0.717, 1.165) is 42.8 Å². The second-order valence-electron chi connectivity index (χ2n) is 12.5. The molecule has 2 aliphatic heterocycles. The fourth-order valence-electron chi connectivity index (χ4n) is 5.86. The molecule has 1 amide bonds. The molecule has 6 rings (SSSR count). The SMILES string of the molecule is CC(C)(C)OC(=O)N1CCCC(n2cnc3c(NCc4ccccc4)nc(Nc4ccc(N5CCCCC5)cc4)nc32)C1. The minimum Gasteiger partial charge on any atom is -0.444 e. The summed E-state index contributed by atoms with van der Waals surface area (Å²) in [5.41, 5.74) is 4.22. The van der Waals surface area contributed by atoms with E-state index in [1.165, 1.54) is 24.9 Å². The highest BCUT2D eigenvalue weighted by Crippen LogP contribution is 2.30. The summed E-state index contributed by atoms with van der Waals surface area (Å²) in [6, 6.07) is 18.8. The number of benzene rings is 2. The number of anilines is 4. The first kappa shape index (κ1) is 28.8. The summed E-state index contributed by atoms with van der Waals surface area (Å²) in [7, 11) is 0. The predicted molar refractivity (Wildman–Crippen MR) is 171 cm³/mol. The van der Waals surface area contributed by atoms with Gasteiger partial charge in [-0.25, -0.2) is 9.78 Å². The van der Waals surface area contributed by atoms with Crippen molar-refractivity contribution in [2.75, 3.05) is 41.7 Å². The zero-order valence-corrected chi connectivity index (χ0v) is 25.4. The van der Waals surface area contributed by atoms with Crippen molar-refractivity contribution in [1.29, 1.82) is 0 Å². The van der Waals surface area contributed by atoms with Crippen molar-refractivity contribution in [2.24, 2.45) is 0 Å². The number of nitrogens with zero attached hydrogens (tertiary/aromatic N) is 6. The van der Waals surface area contributed by atoms with E-state index in [2.05, 4.69) is 56.5 Å². The Labute approximate surface area is 253 Å².